The van der Waals surface area contributed by atoms with E-state index in [9.17, 15) is 48.6 Å². The molecule has 3 aromatic heterocycles. The van der Waals surface area contributed by atoms with Gasteiger partial charge in [-0.3, -0.25) is 70.2 Å². The second kappa shape index (κ2) is 44.5. The zero-order valence-electron chi connectivity index (χ0n) is 40.7. The van der Waals surface area contributed by atoms with Gasteiger partial charge in [0, 0.05) is 64.7 Å². The topological polar surface area (TPSA) is 543 Å². The summed E-state index contributed by atoms with van der Waals surface area (Å²) in [4.78, 5) is 124. The summed E-state index contributed by atoms with van der Waals surface area (Å²) in [5, 5.41) is 82.1. The van der Waals surface area contributed by atoms with Crippen LogP contribution in [0.2, 0.25) is 0 Å². The number of carbonyl (C=O) groups excluding carboxylic acids is 5. The molecule has 0 bridgehead atoms. The van der Waals surface area contributed by atoms with E-state index in [-0.39, 0.29) is 72.2 Å². The van der Waals surface area contributed by atoms with E-state index in [1.807, 2.05) is 12.1 Å². The van der Waals surface area contributed by atoms with Gasteiger partial charge in [-0.15, -0.1) is 0 Å². The van der Waals surface area contributed by atoms with Crippen LogP contribution in [-0.4, -0.2) is 179 Å². The molecule has 0 unspecified atom stereocenters. The fourth-order valence-electron chi connectivity index (χ4n) is 5.78. The summed E-state index contributed by atoms with van der Waals surface area (Å²) in [7, 11) is 0. The standard InChI is InChI=1S/C17H20N4O5.C17H19N4O5.C8H11N3O4.3CHO.2H2O2.Re/c2*18-13(16(23)24)7-12-8-21(10-19-12)9-15(22)20-14(17(25)26)6-11-4-2-1-3-5-11;9-6(8(14)15)1-5-2-11(4-10-5)3-7(12)13;5*1-2;/h1-5,8,10,13-14H,6-7,9,18H2,(H,20,22)(H,23,24)(H,25,26);1-5,8,10,13-14,18H,6-7,9H2,(H,20,22)(H,23,24)(H,25,26);2,4,6H,1,3,9H2,(H,12,13)(H,14,15);3*1H;2*1-2H;/q;-1;;3*-1;;;/t2*13-,14+;6-;;;;;;/m001....../s1. The van der Waals surface area contributed by atoms with Gasteiger partial charge in [-0.05, 0) is 23.6 Å². The molecule has 33 heteroatoms. The van der Waals surface area contributed by atoms with Crippen LogP contribution >= 0.6 is 0 Å². The summed E-state index contributed by atoms with van der Waals surface area (Å²) in [5.74, 6) is -7.72. The van der Waals surface area contributed by atoms with Crippen molar-refractivity contribution in [3.63, 3.8) is 0 Å². The quantitative estimate of drug-likeness (QED) is 0.0154. The molecule has 1 radical (unpaired) electrons. The number of hydrogen-bond donors (Lipinski definition) is 14. The second-order valence-electron chi connectivity index (χ2n) is 14.7. The van der Waals surface area contributed by atoms with Crippen LogP contribution in [0.3, 0.4) is 0 Å². The van der Waals surface area contributed by atoms with Gasteiger partial charge in [-0.25, -0.2) is 24.5 Å². The van der Waals surface area contributed by atoms with Crippen molar-refractivity contribution in [3.8, 4) is 0 Å². The van der Waals surface area contributed by atoms with Gasteiger partial charge in [0.2, 0.25) is 11.8 Å². The third-order valence-corrected chi connectivity index (χ3v) is 9.07. The van der Waals surface area contributed by atoms with Crippen molar-refractivity contribution < 1.29 is 125 Å². The van der Waals surface area contributed by atoms with Crippen LogP contribution in [0.25, 0.3) is 5.73 Å². The van der Waals surface area contributed by atoms with Crippen molar-refractivity contribution >= 4 is 68.0 Å². The normalized spacial score (nSPS) is 11.3. The van der Waals surface area contributed by atoms with Gasteiger partial charge >= 0.3 is 29.8 Å². The van der Waals surface area contributed by atoms with Crippen LogP contribution in [-0.2, 0) is 125 Å². The van der Waals surface area contributed by atoms with E-state index in [0.717, 1.165) is 11.1 Å². The Morgan fingerprint density at radius 3 is 1.04 bits per heavy atom. The number of amides is 2. The molecule has 5 rings (SSSR count). The van der Waals surface area contributed by atoms with E-state index in [1.165, 1.54) is 51.3 Å². The molecule has 0 saturated carbocycles. The number of aromatic nitrogens is 6. The number of nitrogens with one attached hydrogen (secondary N) is 3. The fourth-order valence-corrected chi connectivity index (χ4v) is 5.78. The first kappa shape index (κ1) is 75.7. The van der Waals surface area contributed by atoms with E-state index >= 15 is 0 Å². The fraction of sp³-hybridized carbons (Fsp3) is 0.289. The second-order valence-corrected chi connectivity index (χ2v) is 14.7. The summed E-state index contributed by atoms with van der Waals surface area (Å²) in [6, 6.07) is 12.4. The van der Waals surface area contributed by atoms with E-state index in [2.05, 4.69) is 46.0 Å². The average Bonchev–Trinajstić information content (AvgIpc) is 4.18. The first-order valence-corrected chi connectivity index (χ1v) is 21.1. The Hall–Kier alpha value is -8.78. The Labute approximate surface area is 456 Å². The van der Waals surface area contributed by atoms with Crippen LogP contribution in [0, 0.1) is 0 Å². The summed E-state index contributed by atoms with van der Waals surface area (Å²) >= 11 is 0. The molecule has 0 aliphatic rings. The maximum atomic E-state index is 12.1. The van der Waals surface area contributed by atoms with Crippen molar-refractivity contribution in [1.29, 1.82) is 0 Å². The van der Waals surface area contributed by atoms with Crippen LogP contribution < -0.4 is 22.1 Å². The summed E-state index contributed by atoms with van der Waals surface area (Å²) < 4.78 is 4.22. The Balaban J connectivity index is -0.000000497. The molecule has 5 aromatic rings. The number of rotatable bonds is 23. The third-order valence-electron chi connectivity index (χ3n) is 9.07. The van der Waals surface area contributed by atoms with Crippen LogP contribution in [0.15, 0.2) is 98.2 Å². The molecule has 5 atom stereocenters. The van der Waals surface area contributed by atoms with E-state index in [1.54, 1.807) is 48.5 Å². The first-order valence-electron chi connectivity index (χ1n) is 21.1. The smallest absolute Gasteiger partial charge is 0.326 e. The molecule has 429 valence electrons. The predicted octanol–water partition coefficient (Wildman–Crippen LogP) is -1.48. The molecule has 0 aliphatic carbocycles. The Morgan fingerprint density at radius 1 is 0.474 bits per heavy atom. The number of aliphatic carboxylic acids is 6. The number of nitrogens with two attached hydrogens (primary N) is 2. The van der Waals surface area contributed by atoms with Crippen molar-refractivity contribution in [3.05, 3.63) is 132 Å². The Kier molecular flexibility index (Phi) is 43.2. The molecule has 3 heterocycles. The molecule has 32 nitrogen and oxygen atoms in total. The van der Waals surface area contributed by atoms with E-state index < -0.39 is 77.8 Å². The largest absolute Gasteiger partial charge is 0.665 e. The van der Waals surface area contributed by atoms with Crippen molar-refractivity contribution in [2.75, 3.05) is 0 Å². The van der Waals surface area contributed by atoms with Crippen LogP contribution in [0.1, 0.15) is 28.2 Å². The molecular formula is C45H57N11O21Re-4. The Bertz CT molecular complexity index is 2380. The monoisotopic (exact) mass is 1270 g/mol. The van der Waals surface area contributed by atoms with Crippen molar-refractivity contribution in [2.45, 2.75) is 81.9 Å². The van der Waals surface area contributed by atoms with Gasteiger partial charge < -0.3 is 86.6 Å². The number of carbonyl (C=O) groups is 8. The summed E-state index contributed by atoms with van der Waals surface area (Å²) in [6.07, 6.45) is 8.88. The molecule has 2 amide bonds. The zero-order chi connectivity index (χ0) is 59.6. The maximum Gasteiger partial charge on any atom is 0.326 e. The molecular weight excluding hydrogens is 1220 g/mol. The number of imidazole rings is 3. The molecule has 0 spiro atoms. The number of carboxylic acids is 6. The van der Waals surface area contributed by atoms with Gasteiger partial charge in [0.15, 0.2) is 0 Å². The van der Waals surface area contributed by atoms with Gasteiger partial charge in [0.05, 0.1) is 36.1 Å². The molecule has 0 aliphatic heterocycles. The minimum absolute atomic E-state index is 0. The van der Waals surface area contributed by atoms with Gasteiger partial charge in [-0.2, -0.15) is 0 Å². The number of carboxylic acid groups (broad SMARTS) is 6. The number of benzene rings is 2. The van der Waals surface area contributed by atoms with Crippen molar-refractivity contribution in [1.82, 2.24) is 39.3 Å². The molecule has 0 saturated heterocycles. The van der Waals surface area contributed by atoms with Gasteiger partial charge in [0.1, 0.15) is 43.8 Å². The van der Waals surface area contributed by atoms with E-state index in [4.69, 9.17) is 73.0 Å². The predicted molar refractivity (Wildman–Crippen MR) is 263 cm³/mol. The van der Waals surface area contributed by atoms with E-state index in [0.29, 0.717) is 17.1 Å². The van der Waals surface area contributed by atoms with Gasteiger partial charge in [0.25, 0.3) is 5.97 Å². The minimum Gasteiger partial charge on any atom is -0.665 e. The number of nitrogens with zero attached hydrogens (tertiary/aromatic N) is 6. The number of hydrogen-bond acceptors (Lipinski definition) is 20. The SMILES string of the molecule is N[C@@H](Cc1cn(CC(=O)N[C@H](Cc2ccccc2)C(=O)O)cn1)C(=O)O.N[C@H](Cc1cn(CC(=O)O)cn1)C(=O)O.OO.OO.[CH-]=O.[CH-]=O.[CH-]=O.[NH-][C@@H](Cc1cn(CC(=O)N[C@H](Cc2ccccc2)C(=O)O)cn1)C(=O)O.[Re]. The molecule has 17 N–H and O–H groups in total. The van der Waals surface area contributed by atoms with Gasteiger partial charge in [-0.1, -0.05) is 60.7 Å². The summed E-state index contributed by atoms with van der Waals surface area (Å²) in [5.41, 5.74) is 21.0. The minimum atomic E-state index is -1.32. The third kappa shape index (κ3) is 33.2. The van der Waals surface area contributed by atoms with Crippen LogP contribution in [0.4, 0.5) is 0 Å². The van der Waals surface area contributed by atoms with Crippen molar-refractivity contribution in [2.24, 2.45) is 11.5 Å². The summed E-state index contributed by atoms with van der Waals surface area (Å²) in [6.45, 7) is 9.27. The van der Waals surface area contributed by atoms with Crippen LogP contribution in [0.5, 0.6) is 0 Å². The molecule has 2 aromatic carbocycles. The first-order chi connectivity index (χ1) is 36.7. The molecule has 78 heavy (non-hydrogen) atoms. The zero-order valence-corrected chi connectivity index (χ0v) is 43.4. The Morgan fingerprint density at radius 2 is 0.769 bits per heavy atom. The average molecular weight is 1270 g/mol. The molecule has 0 fully saturated rings. The maximum absolute atomic E-state index is 12.1.